The number of ether oxygens (including phenoxy) is 2. The minimum atomic E-state index is -0.599. The van der Waals surface area contributed by atoms with Gasteiger partial charge in [0, 0.05) is 39.8 Å². The molecule has 0 saturated carbocycles. The highest BCUT2D eigenvalue weighted by atomic mass is 16.5. The molecule has 0 unspecified atom stereocenters. The van der Waals surface area contributed by atoms with Gasteiger partial charge in [0.2, 0.25) is 0 Å². The van der Waals surface area contributed by atoms with E-state index in [9.17, 15) is 4.79 Å². The van der Waals surface area contributed by atoms with Gasteiger partial charge in [0.05, 0.1) is 13.2 Å². The van der Waals surface area contributed by atoms with Crippen LogP contribution in [0.5, 0.6) is 0 Å². The average Bonchev–Trinajstić information content (AvgIpc) is 2.46. The average molecular weight is 270 g/mol. The highest BCUT2D eigenvalue weighted by Gasteiger charge is 2.37. The maximum Gasteiger partial charge on any atom is 0.254 e. The minimum Gasteiger partial charge on any atom is -0.379 e. The van der Waals surface area contributed by atoms with E-state index in [2.05, 4.69) is 4.90 Å². The fraction of sp³-hybridized carbons (Fsp3) is 0.929. The molecule has 2 aliphatic heterocycles. The van der Waals surface area contributed by atoms with E-state index < -0.39 is 5.60 Å². The van der Waals surface area contributed by atoms with Crippen LogP contribution in [0.4, 0.5) is 0 Å². The van der Waals surface area contributed by atoms with E-state index in [1.165, 1.54) is 0 Å². The standard InChI is InChI=1S/C14H26N2O3/c1-14(5-3-4-10-19-14)13(17)15(2)6-7-16-8-11-18-12-9-16/h3-12H2,1-2H3/t14-/m1/s1. The van der Waals surface area contributed by atoms with Gasteiger partial charge in [0.15, 0.2) is 0 Å². The van der Waals surface area contributed by atoms with Gasteiger partial charge in [-0.3, -0.25) is 9.69 Å². The third-order valence-corrected chi connectivity index (χ3v) is 4.12. The van der Waals surface area contributed by atoms with Crippen molar-refractivity contribution in [1.29, 1.82) is 0 Å². The molecule has 0 bridgehead atoms. The number of nitrogens with zero attached hydrogens (tertiary/aromatic N) is 2. The molecule has 5 nitrogen and oxygen atoms in total. The molecule has 0 N–H and O–H groups in total. The van der Waals surface area contributed by atoms with Gasteiger partial charge in [-0.15, -0.1) is 0 Å². The molecule has 1 amide bonds. The van der Waals surface area contributed by atoms with Crippen LogP contribution >= 0.6 is 0 Å². The molecular weight excluding hydrogens is 244 g/mol. The molecule has 2 heterocycles. The Morgan fingerprint density at radius 2 is 2.00 bits per heavy atom. The number of carbonyl (C=O) groups is 1. The Hall–Kier alpha value is -0.650. The van der Waals surface area contributed by atoms with Crippen LogP contribution in [0.15, 0.2) is 0 Å². The Kier molecular flexibility index (Phi) is 5.19. The van der Waals surface area contributed by atoms with Crippen LogP contribution in [0.3, 0.4) is 0 Å². The highest BCUT2D eigenvalue weighted by molar-refractivity contribution is 5.84. The summed E-state index contributed by atoms with van der Waals surface area (Å²) in [6.45, 7) is 7.86. The number of carbonyl (C=O) groups excluding carboxylic acids is 1. The van der Waals surface area contributed by atoms with E-state index >= 15 is 0 Å². The second kappa shape index (κ2) is 6.68. The van der Waals surface area contributed by atoms with E-state index in [-0.39, 0.29) is 5.91 Å². The molecule has 5 heteroatoms. The summed E-state index contributed by atoms with van der Waals surface area (Å²) in [5.41, 5.74) is -0.599. The smallest absolute Gasteiger partial charge is 0.254 e. The van der Waals surface area contributed by atoms with Crippen LogP contribution in [-0.2, 0) is 14.3 Å². The van der Waals surface area contributed by atoms with Crippen molar-refractivity contribution in [3.8, 4) is 0 Å². The summed E-state index contributed by atoms with van der Waals surface area (Å²) in [4.78, 5) is 16.6. The summed E-state index contributed by atoms with van der Waals surface area (Å²) in [6, 6.07) is 0. The van der Waals surface area contributed by atoms with Gasteiger partial charge in [0.25, 0.3) is 5.91 Å². The number of rotatable bonds is 4. The van der Waals surface area contributed by atoms with Crippen molar-refractivity contribution in [1.82, 2.24) is 9.80 Å². The summed E-state index contributed by atoms with van der Waals surface area (Å²) in [5, 5.41) is 0. The Bertz CT molecular complexity index is 297. The maximum atomic E-state index is 12.5. The van der Waals surface area contributed by atoms with Crippen LogP contribution in [-0.4, -0.2) is 74.4 Å². The lowest BCUT2D eigenvalue weighted by molar-refractivity contribution is -0.160. The monoisotopic (exact) mass is 270 g/mol. The third-order valence-electron chi connectivity index (χ3n) is 4.12. The first-order chi connectivity index (χ1) is 9.12. The molecule has 0 aromatic rings. The number of hydrogen-bond donors (Lipinski definition) is 0. The van der Waals surface area contributed by atoms with E-state index in [0.29, 0.717) is 6.61 Å². The molecule has 0 radical (unpaired) electrons. The Balaban J connectivity index is 1.78. The van der Waals surface area contributed by atoms with Gasteiger partial charge in [-0.05, 0) is 26.2 Å². The number of hydrogen-bond acceptors (Lipinski definition) is 4. The SMILES string of the molecule is CN(CCN1CCOCC1)C(=O)[C@@]1(C)CCCCO1. The first-order valence-corrected chi connectivity index (χ1v) is 7.31. The van der Waals surface area contributed by atoms with E-state index in [1.807, 2.05) is 18.9 Å². The molecule has 2 aliphatic rings. The Labute approximate surface area is 115 Å². The molecule has 2 rings (SSSR count). The lowest BCUT2D eigenvalue weighted by atomic mass is 9.94. The van der Waals surface area contributed by atoms with Crippen molar-refractivity contribution >= 4 is 5.91 Å². The molecule has 19 heavy (non-hydrogen) atoms. The molecule has 0 aromatic carbocycles. The zero-order valence-corrected chi connectivity index (χ0v) is 12.2. The van der Waals surface area contributed by atoms with Crippen LogP contribution in [0.25, 0.3) is 0 Å². The van der Waals surface area contributed by atoms with Gasteiger partial charge >= 0.3 is 0 Å². The van der Waals surface area contributed by atoms with E-state index in [4.69, 9.17) is 9.47 Å². The molecule has 0 aliphatic carbocycles. The van der Waals surface area contributed by atoms with Crippen molar-refractivity contribution in [2.75, 3.05) is 53.0 Å². The van der Waals surface area contributed by atoms with Crippen LogP contribution in [0, 0.1) is 0 Å². The van der Waals surface area contributed by atoms with Gasteiger partial charge in [-0.25, -0.2) is 0 Å². The van der Waals surface area contributed by atoms with Crippen molar-refractivity contribution in [2.24, 2.45) is 0 Å². The van der Waals surface area contributed by atoms with Crippen LogP contribution < -0.4 is 0 Å². The molecule has 110 valence electrons. The topological polar surface area (TPSA) is 42.0 Å². The van der Waals surface area contributed by atoms with Crippen LogP contribution in [0.1, 0.15) is 26.2 Å². The molecular formula is C14H26N2O3. The van der Waals surface area contributed by atoms with E-state index in [1.54, 1.807) is 0 Å². The van der Waals surface area contributed by atoms with Gasteiger partial charge in [-0.1, -0.05) is 0 Å². The molecule has 1 atom stereocenters. The predicted molar refractivity (Wildman–Crippen MR) is 73.1 cm³/mol. The fourth-order valence-electron chi connectivity index (χ4n) is 2.72. The summed E-state index contributed by atoms with van der Waals surface area (Å²) in [7, 11) is 1.88. The normalized spacial score (nSPS) is 29.2. The third kappa shape index (κ3) is 3.91. The van der Waals surface area contributed by atoms with Crippen molar-refractivity contribution in [3.63, 3.8) is 0 Å². The molecule has 2 fully saturated rings. The van der Waals surface area contributed by atoms with Gasteiger partial charge < -0.3 is 14.4 Å². The lowest BCUT2D eigenvalue weighted by Crippen LogP contribution is -2.51. The Morgan fingerprint density at radius 1 is 1.26 bits per heavy atom. The number of likely N-dealkylation sites (N-methyl/N-ethyl adjacent to an activating group) is 1. The summed E-state index contributed by atoms with van der Waals surface area (Å²) in [6.07, 6.45) is 2.99. The highest BCUT2D eigenvalue weighted by Crippen LogP contribution is 2.26. The van der Waals surface area contributed by atoms with Crippen molar-refractivity contribution in [2.45, 2.75) is 31.8 Å². The zero-order chi connectivity index (χ0) is 13.7. The lowest BCUT2D eigenvalue weighted by Gasteiger charge is -2.36. The fourth-order valence-corrected chi connectivity index (χ4v) is 2.72. The first kappa shape index (κ1) is 14.8. The molecule has 0 spiro atoms. The largest absolute Gasteiger partial charge is 0.379 e. The first-order valence-electron chi connectivity index (χ1n) is 7.31. The van der Waals surface area contributed by atoms with E-state index in [0.717, 1.165) is 58.7 Å². The van der Waals surface area contributed by atoms with Gasteiger partial charge in [0.1, 0.15) is 5.60 Å². The molecule has 2 saturated heterocycles. The summed E-state index contributed by atoms with van der Waals surface area (Å²) in [5.74, 6) is 0.125. The van der Waals surface area contributed by atoms with Crippen molar-refractivity contribution in [3.05, 3.63) is 0 Å². The van der Waals surface area contributed by atoms with Crippen molar-refractivity contribution < 1.29 is 14.3 Å². The summed E-state index contributed by atoms with van der Waals surface area (Å²) < 4.78 is 11.0. The van der Waals surface area contributed by atoms with Crippen LogP contribution in [0.2, 0.25) is 0 Å². The zero-order valence-electron chi connectivity index (χ0n) is 12.2. The number of amides is 1. The second-order valence-electron chi connectivity index (χ2n) is 5.72. The number of morpholine rings is 1. The maximum absolute atomic E-state index is 12.5. The minimum absolute atomic E-state index is 0.125. The second-order valence-corrected chi connectivity index (χ2v) is 5.72. The quantitative estimate of drug-likeness (QED) is 0.755. The summed E-state index contributed by atoms with van der Waals surface area (Å²) >= 11 is 0. The Morgan fingerprint density at radius 3 is 2.63 bits per heavy atom. The predicted octanol–water partition coefficient (Wildman–Crippen LogP) is 0.736. The van der Waals surface area contributed by atoms with Gasteiger partial charge in [-0.2, -0.15) is 0 Å². The molecule has 0 aromatic heterocycles.